The number of nitrogens with zero attached hydrogens (tertiary/aromatic N) is 6. The molecule has 4 heterocycles. The van der Waals surface area contributed by atoms with Gasteiger partial charge in [0.05, 0.1) is 29.0 Å². The van der Waals surface area contributed by atoms with E-state index in [0.717, 1.165) is 66.8 Å². The molecule has 1 aliphatic heterocycles. The van der Waals surface area contributed by atoms with Crippen LogP contribution >= 0.6 is 0 Å². The molecule has 0 spiro atoms. The molecule has 0 radical (unpaired) electrons. The third kappa shape index (κ3) is 5.10. The second-order valence-electron chi connectivity index (χ2n) is 11.4. The molecule has 1 saturated heterocycles. The zero-order valence-corrected chi connectivity index (χ0v) is 24.3. The first-order chi connectivity index (χ1) is 19.6. The van der Waals surface area contributed by atoms with Crippen molar-refractivity contribution in [2.24, 2.45) is 5.92 Å². The fourth-order valence-electron chi connectivity index (χ4n) is 6.16. The number of carboxylic acid groups (broad SMARTS) is 1. The summed E-state index contributed by atoms with van der Waals surface area (Å²) in [6.07, 6.45) is 12.1. The lowest BCUT2D eigenvalue weighted by atomic mass is 9.87. The van der Waals surface area contributed by atoms with Crippen LogP contribution in [0.3, 0.4) is 0 Å². The number of rotatable bonds is 6. The highest BCUT2D eigenvalue weighted by atomic mass is 32.2. The van der Waals surface area contributed by atoms with Crippen LogP contribution in [0.4, 0.5) is 10.5 Å². The highest BCUT2D eigenvalue weighted by Gasteiger charge is 2.26. The fraction of sp³-hybridized carbons (Fsp3) is 0.448. The Labute approximate surface area is 239 Å². The summed E-state index contributed by atoms with van der Waals surface area (Å²) < 4.78 is 31.2. The van der Waals surface area contributed by atoms with E-state index in [4.69, 9.17) is 4.98 Å². The largest absolute Gasteiger partial charge is 0.464 e. The topological polar surface area (TPSA) is 135 Å². The van der Waals surface area contributed by atoms with Crippen LogP contribution < -0.4 is 9.62 Å². The summed E-state index contributed by atoms with van der Waals surface area (Å²) in [5.41, 5.74) is 3.84. The Bertz CT molecular complexity index is 1720. The quantitative estimate of drug-likeness (QED) is 0.322. The molecule has 1 atom stereocenters. The van der Waals surface area contributed by atoms with Gasteiger partial charge in [-0.3, -0.25) is 4.68 Å². The number of hydrogen-bond donors (Lipinski definition) is 2. The van der Waals surface area contributed by atoms with Crippen LogP contribution in [-0.2, 0) is 10.0 Å². The fourth-order valence-corrected chi connectivity index (χ4v) is 6.95. The molecule has 1 saturated carbocycles. The van der Waals surface area contributed by atoms with Crippen molar-refractivity contribution < 1.29 is 18.3 Å². The van der Waals surface area contributed by atoms with Crippen LogP contribution in [0.15, 0.2) is 47.9 Å². The van der Waals surface area contributed by atoms with Crippen molar-refractivity contribution in [3.63, 3.8) is 0 Å². The molecular formula is C29H35N7O4S. The first kappa shape index (κ1) is 27.4. The van der Waals surface area contributed by atoms with Gasteiger partial charge < -0.3 is 10.0 Å². The summed E-state index contributed by atoms with van der Waals surface area (Å²) >= 11 is 0. The highest BCUT2D eigenvalue weighted by molar-refractivity contribution is 7.89. The van der Waals surface area contributed by atoms with E-state index in [0.29, 0.717) is 28.4 Å². The Morgan fingerprint density at radius 3 is 2.49 bits per heavy atom. The maximum atomic E-state index is 12.9. The van der Waals surface area contributed by atoms with Crippen LogP contribution in [0.1, 0.15) is 58.4 Å². The van der Waals surface area contributed by atoms with E-state index in [-0.39, 0.29) is 16.6 Å². The van der Waals surface area contributed by atoms with Gasteiger partial charge in [0.1, 0.15) is 5.52 Å². The molecule has 2 N–H and O–H groups in total. The van der Waals surface area contributed by atoms with Crippen molar-refractivity contribution in [3.8, 4) is 22.4 Å². The zero-order chi connectivity index (χ0) is 28.9. The lowest BCUT2D eigenvalue weighted by Gasteiger charge is -2.26. The SMILES string of the molecule is CNS(=O)(=O)c1cc(-c2cnc3c(n2)c(-c2cnn(C4CCC(C)CC4)c2)cn3C(=O)O)cc(N2CCC[C@H]2C)c1. The maximum Gasteiger partial charge on any atom is 0.417 e. The van der Waals surface area contributed by atoms with Crippen molar-refractivity contribution in [2.45, 2.75) is 69.4 Å². The van der Waals surface area contributed by atoms with E-state index < -0.39 is 16.1 Å². The zero-order valence-electron chi connectivity index (χ0n) is 23.5. The van der Waals surface area contributed by atoms with Crippen molar-refractivity contribution in [2.75, 3.05) is 18.5 Å². The Kier molecular flexibility index (Phi) is 7.06. The number of carbonyl (C=O) groups is 1. The van der Waals surface area contributed by atoms with Crippen molar-refractivity contribution >= 4 is 33.0 Å². The average molecular weight is 578 g/mol. The molecule has 0 unspecified atom stereocenters. The van der Waals surface area contributed by atoms with E-state index in [9.17, 15) is 18.3 Å². The summed E-state index contributed by atoms with van der Waals surface area (Å²) in [6, 6.07) is 5.81. The van der Waals surface area contributed by atoms with Crippen molar-refractivity contribution in [1.29, 1.82) is 0 Å². The van der Waals surface area contributed by atoms with Crippen LogP contribution in [0, 0.1) is 5.92 Å². The molecule has 216 valence electrons. The first-order valence-corrected chi connectivity index (χ1v) is 15.6. The normalized spacial score (nSPS) is 21.5. The molecule has 1 aromatic carbocycles. The molecule has 12 heteroatoms. The van der Waals surface area contributed by atoms with Crippen LogP contribution in [-0.4, -0.2) is 63.6 Å². The second kappa shape index (κ2) is 10.6. The number of aromatic nitrogens is 5. The van der Waals surface area contributed by atoms with Gasteiger partial charge >= 0.3 is 6.09 Å². The second-order valence-corrected chi connectivity index (χ2v) is 13.2. The number of sulfonamides is 1. The minimum atomic E-state index is -3.73. The van der Waals surface area contributed by atoms with Gasteiger partial charge in [0, 0.05) is 47.4 Å². The van der Waals surface area contributed by atoms with Crippen LogP contribution in [0.25, 0.3) is 33.5 Å². The first-order valence-electron chi connectivity index (χ1n) is 14.2. The van der Waals surface area contributed by atoms with Gasteiger partial charge in [-0.25, -0.2) is 32.5 Å². The Morgan fingerprint density at radius 2 is 1.80 bits per heavy atom. The summed E-state index contributed by atoms with van der Waals surface area (Å²) in [4.78, 5) is 23.8. The number of nitrogens with one attached hydrogen (secondary N) is 1. The number of hydrogen-bond acceptors (Lipinski definition) is 7. The van der Waals surface area contributed by atoms with Crippen molar-refractivity contribution in [1.82, 2.24) is 29.0 Å². The highest BCUT2D eigenvalue weighted by Crippen LogP contribution is 2.36. The van der Waals surface area contributed by atoms with E-state index >= 15 is 0 Å². The van der Waals surface area contributed by atoms with Gasteiger partial charge in [0.25, 0.3) is 0 Å². The monoisotopic (exact) mass is 577 g/mol. The summed E-state index contributed by atoms with van der Waals surface area (Å²) in [5, 5.41) is 14.5. The van der Waals surface area contributed by atoms with Gasteiger partial charge in [0.2, 0.25) is 10.0 Å². The minimum absolute atomic E-state index is 0.139. The average Bonchev–Trinajstić information content (AvgIpc) is 3.71. The number of benzene rings is 1. The molecule has 0 bridgehead atoms. The van der Waals surface area contributed by atoms with Crippen LogP contribution in [0.2, 0.25) is 0 Å². The molecule has 41 heavy (non-hydrogen) atoms. The van der Waals surface area contributed by atoms with Gasteiger partial charge in [-0.1, -0.05) is 6.92 Å². The predicted molar refractivity (Wildman–Crippen MR) is 157 cm³/mol. The van der Waals surface area contributed by atoms with Gasteiger partial charge in [-0.05, 0) is 76.6 Å². The minimum Gasteiger partial charge on any atom is -0.464 e. The van der Waals surface area contributed by atoms with Gasteiger partial charge in [-0.2, -0.15) is 5.10 Å². The van der Waals surface area contributed by atoms with E-state index in [2.05, 4.69) is 33.6 Å². The molecule has 3 aromatic heterocycles. The molecular weight excluding hydrogens is 542 g/mol. The summed E-state index contributed by atoms with van der Waals surface area (Å²) in [7, 11) is -2.34. The van der Waals surface area contributed by atoms with Crippen molar-refractivity contribution in [3.05, 3.63) is 43.0 Å². The van der Waals surface area contributed by atoms with E-state index in [1.165, 1.54) is 19.4 Å². The molecule has 0 amide bonds. The third-order valence-electron chi connectivity index (χ3n) is 8.62. The standard InChI is InChI=1S/C29H35N7O4S/c1-18-6-8-22(9-7-18)36-16-21(14-32-36)25-17-35(29(37)38)28-27(25)33-26(15-31-28)20-11-23(34-10-4-5-19(34)2)13-24(12-20)41(39,40)30-3/h11-19,22,30H,4-10H2,1-3H3,(H,37,38)/t18?,19-,22?/m1/s1. The lowest BCUT2D eigenvalue weighted by molar-refractivity contribution is 0.197. The summed E-state index contributed by atoms with van der Waals surface area (Å²) in [6.45, 7) is 5.25. The lowest BCUT2D eigenvalue weighted by Crippen LogP contribution is -2.27. The van der Waals surface area contributed by atoms with E-state index in [1.54, 1.807) is 18.3 Å². The molecule has 6 rings (SSSR count). The number of anilines is 1. The molecule has 4 aromatic rings. The van der Waals surface area contributed by atoms with Gasteiger partial charge in [-0.15, -0.1) is 0 Å². The Morgan fingerprint density at radius 1 is 1.02 bits per heavy atom. The predicted octanol–water partition coefficient (Wildman–Crippen LogP) is 5.14. The Balaban J connectivity index is 1.46. The third-order valence-corrected chi connectivity index (χ3v) is 10.0. The molecule has 2 fully saturated rings. The smallest absolute Gasteiger partial charge is 0.417 e. The maximum absolute atomic E-state index is 12.9. The Hall–Kier alpha value is -3.77. The van der Waals surface area contributed by atoms with Gasteiger partial charge in [0.15, 0.2) is 5.65 Å². The molecule has 1 aliphatic carbocycles. The molecule has 11 nitrogen and oxygen atoms in total. The van der Waals surface area contributed by atoms with Crippen LogP contribution in [0.5, 0.6) is 0 Å². The van der Waals surface area contributed by atoms with E-state index in [1.807, 2.05) is 16.9 Å². The molecule has 2 aliphatic rings. The summed E-state index contributed by atoms with van der Waals surface area (Å²) in [5.74, 6) is 0.722. The number of fused-ring (bicyclic) bond motifs is 1.